The third-order valence-electron chi connectivity index (χ3n) is 2.17. The highest BCUT2D eigenvalue weighted by Crippen LogP contribution is 2.24. The van der Waals surface area contributed by atoms with Gasteiger partial charge in [0.2, 0.25) is 0 Å². The summed E-state index contributed by atoms with van der Waals surface area (Å²) in [5.74, 6) is 0.443. The van der Waals surface area contributed by atoms with Crippen LogP contribution in [0.2, 0.25) is 5.02 Å². The molecule has 1 saturated heterocycles. The highest BCUT2D eigenvalue weighted by Gasteiger charge is 2.20. The van der Waals surface area contributed by atoms with Crippen LogP contribution in [0.5, 0.6) is 0 Å². The first-order valence-electron chi connectivity index (χ1n) is 4.13. The molecule has 0 aliphatic carbocycles. The largest absolute Gasteiger partial charge is 0.379 e. The first-order chi connectivity index (χ1) is 6.25. The van der Waals surface area contributed by atoms with Crippen molar-refractivity contribution in [3.8, 4) is 0 Å². The van der Waals surface area contributed by atoms with Crippen LogP contribution in [0, 0.1) is 0 Å². The van der Waals surface area contributed by atoms with Crippen LogP contribution in [0.3, 0.4) is 0 Å². The molecule has 1 N–H and O–H groups in total. The van der Waals surface area contributed by atoms with E-state index < -0.39 is 0 Å². The van der Waals surface area contributed by atoms with Crippen LogP contribution >= 0.6 is 23.8 Å². The van der Waals surface area contributed by atoms with Gasteiger partial charge in [-0.1, -0.05) is 23.8 Å². The highest BCUT2D eigenvalue weighted by atomic mass is 35.5. The zero-order valence-electron chi connectivity index (χ0n) is 6.96. The van der Waals surface area contributed by atoms with E-state index in [1.165, 1.54) is 5.56 Å². The Bertz CT molecular complexity index is 340. The molecule has 1 aromatic rings. The summed E-state index contributed by atoms with van der Waals surface area (Å²) in [7, 11) is 0. The van der Waals surface area contributed by atoms with E-state index in [4.69, 9.17) is 23.8 Å². The van der Waals surface area contributed by atoms with Gasteiger partial charge in [0, 0.05) is 31.3 Å². The van der Waals surface area contributed by atoms with Gasteiger partial charge in [-0.2, -0.15) is 0 Å². The van der Waals surface area contributed by atoms with E-state index in [0.29, 0.717) is 10.9 Å². The fraction of sp³-hybridized carbons (Fsp3) is 0.333. The van der Waals surface area contributed by atoms with Gasteiger partial charge in [0.15, 0.2) is 0 Å². The maximum Gasteiger partial charge on any atom is 0.0760 e. The molecular formula is C9H9ClN2S. The minimum Gasteiger partial charge on any atom is -0.379 e. The fourth-order valence-corrected chi connectivity index (χ4v) is 1.96. The topological polar surface area (TPSA) is 24.9 Å². The summed E-state index contributed by atoms with van der Waals surface area (Å²) in [6, 6.07) is 1.95. The van der Waals surface area contributed by atoms with E-state index >= 15 is 0 Å². The summed E-state index contributed by atoms with van der Waals surface area (Å²) in [6.45, 7) is 0.904. The van der Waals surface area contributed by atoms with Gasteiger partial charge in [0.05, 0.1) is 10.0 Å². The van der Waals surface area contributed by atoms with E-state index in [0.717, 1.165) is 18.0 Å². The second-order valence-electron chi connectivity index (χ2n) is 3.14. The van der Waals surface area contributed by atoms with Crippen LogP contribution in [0.15, 0.2) is 18.5 Å². The lowest BCUT2D eigenvalue weighted by Gasteiger charge is -2.06. The van der Waals surface area contributed by atoms with Crippen molar-refractivity contribution in [1.29, 1.82) is 0 Å². The second kappa shape index (κ2) is 3.60. The Labute approximate surface area is 87.3 Å². The van der Waals surface area contributed by atoms with Gasteiger partial charge in [-0.25, -0.2) is 0 Å². The Hall–Kier alpha value is -0.670. The summed E-state index contributed by atoms with van der Waals surface area (Å²) in [5.41, 5.74) is 1.17. The van der Waals surface area contributed by atoms with Crippen LogP contribution in [0.4, 0.5) is 0 Å². The molecule has 1 aliphatic rings. The Morgan fingerprint density at radius 2 is 2.38 bits per heavy atom. The molecule has 0 amide bonds. The molecule has 13 heavy (non-hydrogen) atoms. The predicted octanol–water partition coefficient (Wildman–Crippen LogP) is 2.14. The molecule has 0 radical (unpaired) electrons. The maximum atomic E-state index is 5.84. The van der Waals surface area contributed by atoms with Crippen LogP contribution < -0.4 is 5.32 Å². The van der Waals surface area contributed by atoms with Gasteiger partial charge in [-0.05, 0) is 11.6 Å². The molecule has 1 aromatic heterocycles. The van der Waals surface area contributed by atoms with E-state index in [1.54, 1.807) is 6.20 Å². The number of thiocarbonyl (C=S) groups is 1. The molecule has 2 heterocycles. The number of nitrogens with zero attached hydrogens (tertiary/aromatic N) is 1. The average molecular weight is 213 g/mol. The van der Waals surface area contributed by atoms with Gasteiger partial charge in [0.1, 0.15) is 0 Å². The van der Waals surface area contributed by atoms with Gasteiger partial charge in [-0.15, -0.1) is 0 Å². The van der Waals surface area contributed by atoms with Gasteiger partial charge in [-0.3, -0.25) is 4.98 Å². The van der Waals surface area contributed by atoms with Crippen LogP contribution in [-0.2, 0) is 0 Å². The zero-order chi connectivity index (χ0) is 9.26. The standard InChI is InChI=1S/C9H9ClN2S/c10-8-1-6(3-11-5-8)7-2-9(13)12-4-7/h1,3,5,7H,2,4H2,(H,12,13). The molecule has 0 saturated carbocycles. The summed E-state index contributed by atoms with van der Waals surface area (Å²) in [6.07, 6.45) is 4.41. The first kappa shape index (κ1) is 8.91. The van der Waals surface area contributed by atoms with Gasteiger partial charge < -0.3 is 5.32 Å². The minimum atomic E-state index is 0.443. The lowest BCUT2D eigenvalue weighted by molar-refractivity contribution is 0.759. The molecule has 1 unspecified atom stereocenters. The first-order valence-corrected chi connectivity index (χ1v) is 4.91. The van der Waals surface area contributed by atoms with Crippen molar-refractivity contribution in [2.24, 2.45) is 0 Å². The van der Waals surface area contributed by atoms with E-state index in [2.05, 4.69) is 10.3 Å². The monoisotopic (exact) mass is 212 g/mol. The Morgan fingerprint density at radius 3 is 3.00 bits per heavy atom. The number of aromatic nitrogens is 1. The van der Waals surface area contributed by atoms with Crippen molar-refractivity contribution in [3.05, 3.63) is 29.0 Å². The third kappa shape index (κ3) is 1.98. The maximum absolute atomic E-state index is 5.84. The van der Waals surface area contributed by atoms with E-state index in [1.807, 2.05) is 12.3 Å². The average Bonchev–Trinajstić information content (AvgIpc) is 2.52. The van der Waals surface area contributed by atoms with Crippen molar-refractivity contribution in [3.63, 3.8) is 0 Å². The lowest BCUT2D eigenvalue weighted by Crippen LogP contribution is -2.11. The lowest BCUT2D eigenvalue weighted by atomic mass is 10.0. The molecule has 0 aromatic carbocycles. The fourth-order valence-electron chi connectivity index (χ4n) is 1.49. The Balaban J connectivity index is 2.21. The summed E-state index contributed by atoms with van der Waals surface area (Å²) >= 11 is 10.9. The van der Waals surface area contributed by atoms with Crippen molar-refractivity contribution >= 4 is 28.8 Å². The highest BCUT2D eigenvalue weighted by molar-refractivity contribution is 7.80. The normalized spacial score (nSPS) is 21.6. The quantitative estimate of drug-likeness (QED) is 0.723. The summed E-state index contributed by atoms with van der Waals surface area (Å²) in [5, 5.41) is 3.84. The van der Waals surface area contributed by atoms with Crippen molar-refractivity contribution < 1.29 is 0 Å². The third-order valence-corrected chi connectivity index (χ3v) is 2.69. The number of rotatable bonds is 1. The predicted molar refractivity (Wildman–Crippen MR) is 57.2 cm³/mol. The van der Waals surface area contributed by atoms with Gasteiger partial charge >= 0.3 is 0 Å². The Morgan fingerprint density at radius 1 is 1.54 bits per heavy atom. The summed E-state index contributed by atoms with van der Waals surface area (Å²) in [4.78, 5) is 4.99. The second-order valence-corrected chi connectivity index (χ2v) is 4.07. The van der Waals surface area contributed by atoms with E-state index in [9.17, 15) is 0 Å². The Kier molecular flexibility index (Phi) is 2.47. The SMILES string of the molecule is S=C1CC(c2cncc(Cl)c2)CN1. The number of nitrogens with one attached hydrogen (secondary N) is 1. The molecule has 2 rings (SSSR count). The number of hydrogen-bond donors (Lipinski definition) is 1. The molecule has 1 fully saturated rings. The molecule has 68 valence electrons. The van der Waals surface area contributed by atoms with Crippen LogP contribution in [0.1, 0.15) is 17.9 Å². The van der Waals surface area contributed by atoms with Crippen LogP contribution in [0.25, 0.3) is 0 Å². The van der Waals surface area contributed by atoms with Crippen molar-refractivity contribution in [2.45, 2.75) is 12.3 Å². The molecule has 1 atom stereocenters. The molecule has 4 heteroatoms. The molecule has 0 spiro atoms. The molecule has 1 aliphatic heterocycles. The minimum absolute atomic E-state index is 0.443. The van der Waals surface area contributed by atoms with Crippen molar-refractivity contribution in [1.82, 2.24) is 10.3 Å². The molecule has 2 nitrogen and oxygen atoms in total. The summed E-state index contributed by atoms with van der Waals surface area (Å²) < 4.78 is 0. The molecule has 0 bridgehead atoms. The molecular weight excluding hydrogens is 204 g/mol. The zero-order valence-corrected chi connectivity index (χ0v) is 8.53. The van der Waals surface area contributed by atoms with Crippen LogP contribution in [-0.4, -0.2) is 16.5 Å². The van der Waals surface area contributed by atoms with Gasteiger partial charge in [0.25, 0.3) is 0 Å². The number of pyridine rings is 1. The van der Waals surface area contributed by atoms with Crippen molar-refractivity contribution in [2.75, 3.05) is 6.54 Å². The number of halogens is 1. The number of hydrogen-bond acceptors (Lipinski definition) is 2. The smallest absolute Gasteiger partial charge is 0.0760 e. The van der Waals surface area contributed by atoms with E-state index in [-0.39, 0.29) is 0 Å².